The average molecular weight is 454 g/mol. The molecule has 6 nitrogen and oxygen atoms in total. The molecular formula is C21H21F3N2O4S. The predicted molar refractivity (Wildman–Crippen MR) is 107 cm³/mol. The first-order valence-electron chi connectivity index (χ1n) is 9.85. The molecule has 1 fully saturated rings. The van der Waals surface area contributed by atoms with E-state index in [9.17, 15) is 26.4 Å². The fourth-order valence-corrected chi connectivity index (χ4v) is 4.56. The van der Waals surface area contributed by atoms with Crippen LogP contribution in [0.4, 0.5) is 13.2 Å². The summed E-state index contributed by atoms with van der Waals surface area (Å²) >= 11 is 0. The van der Waals surface area contributed by atoms with E-state index in [0.29, 0.717) is 24.1 Å². The number of alkyl halides is 3. The van der Waals surface area contributed by atoms with Gasteiger partial charge in [0.2, 0.25) is 0 Å². The van der Waals surface area contributed by atoms with E-state index in [-0.39, 0.29) is 11.9 Å². The van der Waals surface area contributed by atoms with Gasteiger partial charge in [-0.15, -0.1) is 0 Å². The normalized spacial score (nSPS) is 20.0. The molecular weight excluding hydrogens is 433 g/mol. The summed E-state index contributed by atoms with van der Waals surface area (Å²) in [6, 6.07) is 13.8. The minimum atomic E-state index is -5.75. The molecule has 1 atom stereocenters. The number of likely N-dealkylation sites (tertiary alicyclic amines) is 1. The number of hydrogen-bond acceptors (Lipinski definition) is 5. The van der Waals surface area contributed by atoms with Crippen molar-refractivity contribution in [2.75, 3.05) is 19.6 Å². The second kappa shape index (κ2) is 8.16. The number of carbonyl (C=O) groups excluding carboxylic acids is 1. The summed E-state index contributed by atoms with van der Waals surface area (Å²) in [5.41, 5.74) is -3.46. The molecule has 0 N–H and O–H groups in total. The number of rotatable bonds is 5. The molecule has 0 unspecified atom stereocenters. The van der Waals surface area contributed by atoms with Crippen LogP contribution in [-0.4, -0.2) is 55.3 Å². The van der Waals surface area contributed by atoms with Crippen LogP contribution in [0.1, 0.15) is 27.9 Å². The zero-order chi connectivity index (χ0) is 22.2. The predicted octanol–water partition coefficient (Wildman–Crippen LogP) is 3.19. The van der Waals surface area contributed by atoms with Gasteiger partial charge in [-0.05, 0) is 42.2 Å². The zero-order valence-corrected chi connectivity index (χ0v) is 17.3. The van der Waals surface area contributed by atoms with Crippen LogP contribution >= 0.6 is 0 Å². The summed E-state index contributed by atoms with van der Waals surface area (Å²) in [5, 5.41) is 0. The van der Waals surface area contributed by atoms with Crippen molar-refractivity contribution in [1.29, 1.82) is 0 Å². The first kappa shape index (κ1) is 21.6. The number of fused-ring (bicyclic) bond motifs is 1. The topological polar surface area (TPSA) is 66.9 Å². The Kier molecular flexibility index (Phi) is 5.69. The highest BCUT2D eigenvalue weighted by Crippen LogP contribution is 2.31. The Morgan fingerprint density at radius 2 is 1.81 bits per heavy atom. The van der Waals surface area contributed by atoms with E-state index in [1.54, 1.807) is 4.90 Å². The molecule has 0 radical (unpaired) electrons. The lowest BCUT2D eigenvalue weighted by molar-refractivity contribution is -0.0500. The highest BCUT2D eigenvalue weighted by molar-refractivity contribution is 7.88. The zero-order valence-electron chi connectivity index (χ0n) is 16.5. The fraction of sp³-hybridized carbons (Fsp3) is 0.381. The second-order valence-electron chi connectivity index (χ2n) is 7.71. The molecule has 1 amide bonds. The van der Waals surface area contributed by atoms with Gasteiger partial charge < -0.3 is 9.08 Å². The molecule has 0 saturated carbocycles. The standard InChI is InChI=1S/C21H21F3N2O4S/c22-21(23,24)31(28,29)30-18-6-7-19-16(12-18)8-11-26(20(19)27)17-9-10-25(14-17)13-15-4-2-1-3-5-15/h1-7,12,17H,8-11,13-14H2/t17-/m1/s1. The summed E-state index contributed by atoms with van der Waals surface area (Å²) in [6.45, 7) is 2.86. The molecule has 0 aliphatic carbocycles. The van der Waals surface area contributed by atoms with Crippen molar-refractivity contribution in [2.45, 2.75) is 30.9 Å². The highest BCUT2D eigenvalue weighted by Gasteiger charge is 2.48. The van der Waals surface area contributed by atoms with Gasteiger partial charge >= 0.3 is 15.6 Å². The number of carbonyl (C=O) groups is 1. The maximum absolute atomic E-state index is 13.0. The van der Waals surface area contributed by atoms with Gasteiger partial charge in [0.05, 0.1) is 0 Å². The van der Waals surface area contributed by atoms with Crippen LogP contribution in [0.25, 0.3) is 0 Å². The van der Waals surface area contributed by atoms with Gasteiger partial charge in [-0.2, -0.15) is 21.6 Å². The van der Waals surface area contributed by atoms with Crippen LogP contribution in [0.15, 0.2) is 48.5 Å². The van der Waals surface area contributed by atoms with E-state index in [2.05, 4.69) is 21.2 Å². The lowest BCUT2D eigenvalue weighted by Crippen LogP contribution is -2.45. The molecule has 2 aromatic rings. The maximum atomic E-state index is 13.0. The van der Waals surface area contributed by atoms with Gasteiger partial charge in [-0.1, -0.05) is 30.3 Å². The largest absolute Gasteiger partial charge is 0.534 e. The summed E-state index contributed by atoms with van der Waals surface area (Å²) in [6.07, 6.45) is 1.26. The monoisotopic (exact) mass is 454 g/mol. The Morgan fingerprint density at radius 1 is 1.06 bits per heavy atom. The smallest absolute Gasteiger partial charge is 0.376 e. The van der Waals surface area contributed by atoms with Gasteiger partial charge in [-0.3, -0.25) is 9.69 Å². The molecule has 2 aromatic carbocycles. The SMILES string of the molecule is O=C1c2ccc(OS(=O)(=O)C(F)(F)F)cc2CCN1[C@@H]1CCN(Cc2ccccc2)C1. The van der Waals surface area contributed by atoms with Gasteiger partial charge in [0.15, 0.2) is 0 Å². The molecule has 0 aromatic heterocycles. The van der Waals surface area contributed by atoms with E-state index in [1.807, 2.05) is 18.2 Å². The minimum absolute atomic E-state index is 0.0610. The molecule has 10 heteroatoms. The third kappa shape index (κ3) is 4.54. The molecule has 2 aliphatic rings. The van der Waals surface area contributed by atoms with Crippen molar-refractivity contribution in [3.8, 4) is 5.75 Å². The van der Waals surface area contributed by atoms with E-state index >= 15 is 0 Å². The van der Waals surface area contributed by atoms with Crippen molar-refractivity contribution < 1.29 is 30.6 Å². The van der Waals surface area contributed by atoms with Crippen LogP contribution in [0.2, 0.25) is 0 Å². The summed E-state index contributed by atoms with van der Waals surface area (Å²) in [4.78, 5) is 17.1. The Hall–Kier alpha value is -2.59. The molecule has 0 spiro atoms. The summed E-state index contributed by atoms with van der Waals surface area (Å²) < 4.78 is 64.2. The van der Waals surface area contributed by atoms with E-state index in [0.717, 1.165) is 32.1 Å². The molecule has 2 heterocycles. The summed E-state index contributed by atoms with van der Waals surface area (Å²) in [7, 11) is -5.75. The molecule has 0 bridgehead atoms. The van der Waals surface area contributed by atoms with E-state index in [1.165, 1.54) is 17.7 Å². The molecule has 1 saturated heterocycles. The van der Waals surface area contributed by atoms with Gasteiger partial charge in [0, 0.05) is 37.8 Å². The van der Waals surface area contributed by atoms with Crippen LogP contribution in [0, 0.1) is 0 Å². The Bertz CT molecular complexity index is 1070. The fourth-order valence-electron chi connectivity index (χ4n) is 4.11. The average Bonchev–Trinajstić information content (AvgIpc) is 3.16. The maximum Gasteiger partial charge on any atom is 0.534 e. The quantitative estimate of drug-likeness (QED) is 0.513. The molecule has 2 aliphatic heterocycles. The van der Waals surface area contributed by atoms with Gasteiger partial charge in [-0.25, -0.2) is 0 Å². The molecule has 4 rings (SSSR count). The Labute approximate surface area is 178 Å². The molecule has 31 heavy (non-hydrogen) atoms. The van der Waals surface area contributed by atoms with Crippen molar-refractivity contribution in [2.24, 2.45) is 0 Å². The lowest BCUT2D eigenvalue weighted by Gasteiger charge is -2.33. The minimum Gasteiger partial charge on any atom is -0.376 e. The van der Waals surface area contributed by atoms with Crippen LogP contribution in [-0.2, 0) is 23.1 Å². The number of benzene rings is 2. The third-order valence-electron chi connectivity index (χ3n) is 5.62. The van der Waals surface area contributed by atoms with Crippen molar-refractivity contribution in [3.05, 3.63) is 65.2 Å². The Balaban J connectivity index is 1.43. The second-order valence-corrected chi connectivity index (χ2v) is 9.25. The van der Waals surface area contributed by atoms with Crippen molar-refractivity contribution in [3.63, 3.8) is 0 Å². The van der Waals surface area contributed by atoms with Crippen molar-refractivity contribution >= 4 is 16.0 Å². The lowest BCUT2D eigenvalue weighted by atomic mass is 9.97. The van der Waals surface area contributed by atoms with Gasteiger partial charge in [0.25, 0.3) is 5.91 Å². The number of hydrogen-bond donors (Lipinski definition) is 0. The van der Waals surface area contributed by atoms with Crippen LogP contribution < -0.4 is 4.18 Å². The molecule has 166 valence electrons. The van der Waals surface area contributed by atoms with Crippen LogP contribution in [0.5, 0.6) is 5.75 Å². The third-order valence-corrected chi connectivity index (χ3v) is 6.60. The van der Waals surface area contributed by atoms with E-state index < -0.39 is 21.4 Å². The number of amides is 1. The number of halogens is 3. The van der Waals surface area contributed by atoms with Gasteiger partial charge in [0.1, 0.15) is 5.75 Å². The highest BCUT2D eigenvalue weighted by atomic mass is 32.2. The number of nitrogens with zero attached hydrogens (tertiary/aromatic N) is 2. The first-order valence-corrected chi connectivity index (χ1v) is 11.3. The summed E-state index contributed by atoms with van der Waals surface area (Å²) in [5.74, 6) is -0.648. The van der Waals surface area contributed by atoms with E-state index in [4.69, 9.17) is 0 Å². The Morgan fingerprint density at radius 3 is 2.52 bits per heavy atom. The van der Waals surface area contributed by atoms with Crippen molar-refractivity contribution in [1.82, 2.24) is 9.80 Å². The van der Waals surface area contributed by atoms with Crippen LogP contribution in [0.3, 0.4) is 0 Å². The first-order chi connectivity index (χ1) is 14.6.